The van der Waals surface area contributed by atoms with Gasteiger partial charge in [-0.15, -0.1) is 5.10 Å². The van der Waals surface area contributed by atoms with E-state index in [2.05, 4.69) is 21.8 Å². The quantitative estimate of drug-likeness (QED) is 0.867. The highest BCUT2D eigenvalue weighted by Gasteiger charge is 2.25. The van der Waals surface area contributed by atoms with Gasteiger partial charge in [-0.25, -0.2) is 0 Å². The number of hydrogen-bond donors (Lipinski definition) is 2. The zero-order valence-electron chi connectivity index (χ0n) is 10.7. The molecule has 1 aromatic heterocycles. The molecule has 1 fully saturated rings. The van der Waals surface area contributed by atoms with Crippen LogP contribution in [0.25, 0.3) is 0 Å². The second kappa shape index (κ2) is 6.24. The van der Waals surface area contributed by atoms with Crippen molar-refractivity contribution in [3.05, 3.63) is 10.6 Å². The Labute approximate surface area is 111 Å². The lowest BCUT2D eigenvalue weighted by Gasteiger charge is -2.29. The molecular formula is C12H20N4OS. The van der Waals surface area contributed by atoms with Gasteiger partial charge in [0.05, 0.1) is 5.69 Å². The Hall–Kier alpha value is -1.01. The maximum absolute atomic E-state index is 12.2. The summed E-state index contributed by atoms with van der Waals surface area (Å²) in [5.74, 6) is -0.0594. The van der Waals surface area contributed by atoms with E-state index in [4.69, 9.17) is 5.73 Å². The normalized spacial score (nSPS) is 23.9. The monoisotopic (exact) mass is 268 g/mol. The third-order valence-corrected chi connectivity index (χ3v) is 4.15. The summed E-state index contributed by atoms with van der Waals surface area (Å²) >= 11 is 1.17. The molecule has 18 heavy (non-hydrogen) atoms. The largest absolute Gasteiger partial charge is 0.347 e. The summed E-state index contributed by atoms with van der Waals surface area (Å²) < 4.78 is 3.87. The fourth-order valence-corrected chi connectivity index (χ4v) is 2.97. The van der Waals surface area contributed by atoms with Gasteiger partial charge in [0.2, 0.25) is 0 Å². The second-order valence-corrected chi connectivity index (χ2v) is 5.58. The molecule has 2 rings (SSSR count). The van der Waals surface area contributed by atoms with Crippen LogP contribution in [0.4, 0.5) is 0 Å². The van der Waals surface area contributed by atoms with E-state index in [0.717, 1.165) is 44.2 Å². The summed E-state index contributed by atoms with van der Waals surface area (Å²) in [5.41, 5.74) is 6.84. The van der Waals surface area contributed by atoms with Crippen LogP contribution >= 0.6 is 11.5 Å². The fraction of sp³-hybridized carbons (Fsp3) is 0.750. The minimum Gasteiger partial charge on any atom is -0.347 e. The van der Waals surface area contributed by atoms with Crippen molar-refractivity contribution in [1.82, 2.24) is 14.9 Å². The minimum atomic E-state index is -0.0594. The molecule has 2 atom stereocenters. The van der Waals surface area contributed by atoms with Crippen molar-refractivity contribution >= 4 is 17.4 Å². The molecule has 0 aromatic carbocycles. The van der Waals surface area contributed by atoms with Crippen molar-refractivity contribution in [3.8, 4) is 0 Å². The van der Waals surface area contributed by atoms with Crippen LogP contribution in [0.5, 0.6) is 0 Å². The zero-order chi connectivity index (χ0) is 13.0. The van der Waals surface area contributed by atoms with E-state index in [9.17, 15) is 4.79 Å². The number of nitrogens with one attached hydrogen (secondary N) is 1. The van der Waals surface area contributed by atoms with Gasteiger partial charge < -0.3 is 11.1 Å². The first-order valence-corrected chi connectivity index (χ1v) is 7.37. The average molecular weight is 268 g/mol. The SMILES string of the molecule is CCCc1nnsc1C(=O)N[C@@H]1CCCC[C@H]1N. The molecule has 1 aromatic rings. The molecule has 1 aliphatic rings. The Morgan fingerprint density at radius 2 is 2.28 bits per heavy atom. The zero-order valence-corrected chi connectivity index (χ0v) is 11.5. The Morgan fingerprint density at radius 3 is 3.00 bits per heavy atom. The second-order valence-electron chi connectivity index (χ2n) is 4.83. The van der Waals surface area contributed by atoms with E-state index in [0.29, 0.717) is 4.88 Å². The fourth-order valence-electron chi connectivity index (χ4n) is 2.35. The average Bonchev–Trinajstić information content (AvgIpc) is 2.81. The number of carbonyl (C=O) groups excluding carboxylic acids is 1. The minimum absolute atomic E-state index is 0.0594. The number of nitrogens with zero attached hydrogens (tertiary/aromatic N) is 2. The van der Waals surface area contributed by atoms with Crippen LogP contribution < -0.4 is 11.1 Å². The maximum Gasteiger partial charge on any atom is 0.265 e. The van der Waals surface area contributed by atoms with E-state index >= 15 is 0 Å². The lowest BCUT2D eigenvalue weighted by molar-refractivity contribution is 0.0924. The maximum atomic E-state index is 12.2. The van der Waals surface area contributed by atoms with E-state index in [1.165, 1.54) is 11.5 Å². The van der Waals surface area contributed by atoms with Crippen molar-refractivity contribution in [3.63, 3.8) is 0 Å². The first-order chi connectivity index (χ1) is 8.72. The lowest BCUT2D eigenvalue weighted by atomic mass is 9.91. The smallest absolute Gasteiger partial charge is 0.265 e. The topological polar surface area (TPSA) is 80.9 Å². The summed E-state index contributed by atoms with van der Waals surface area (Å²) in [6, 6.07) is 0.182. The summed E-state index contributed by atoms with van der Waals surface area (Å²) in [6.07, 6.45) is 6.04. The van der Waals surface area contributed by atoms with Gasteiger partial charge >= 0.3 is 0 Å². The molecule has 0 spiro atoms. The summed E-state index contributed by atoms with van der Waals surface area (Å²) in [6.45, 7) is 2.07. The summed E-state index contributed by atoms with van der Waals surface area (Å²) in [7, 11) is 0. The number of rotatable bonds is 4. The lowest BCUT2D eigenvalue weighted by Crippen LogP contribution is -2.49. The van der Waals surface area contributed by atoms with E-state index < -0.39 is 0 Å². The third-order valence-electron chi connectivity index (χ3n) is 3.38. The number of aryl methyl sites for hydroxylation is 1. The van der Waals surface area contributed by atoms with E-state index in [1.807, 2.05) is 0 Å². The molecule has 0 radical (unpaired) electrons. The molecule has 0 aliphatic heterocycles. The van der Waals surface area contributed by atoms with Crippen LogP contribution in [0.2, 0.25) is 0 Å². The van der Waals surface area contributed by atoms with Gasteiger partial charge in [0.25, 0.3) is 5.91 Å². The number of aromatic nitrogens is 2. The van der Waals surface area contributed by atoms with Crippen molar-refractivity contribution in [1.29, 1.82) is 0 Å². The highest BCUT2D eigenvalue weighted by molar-refractivity contribution is 7.08. The number of carbonyl (C=O) groups is 1. The molecule has 1 saturated carbocycles. The molecule has 100 valence electrons. The standard InChI is InChI=1S/C12H20N4OS/c1-2-5-10-11(18-16-15-10)12(17)14-9-7-4-3-6-8(9)13/h8-9H,2-7,13H2,1H3,(H,14,17)/t8-,9-/m1/s1. The Balaban J connectivity index is 2.00. The van der Waals surface area contributed by atoms with E-state index in [1.54, 1.807) is 0 Å². The highest BCUT2D eigenvalue weighted by Crippen LogP contribution is 2.18. The molecule has 1 aliphatic carbocycles. The first-order valence-electron chi connectivity index (χ1n) is 6.60. The van der Waals surface area contributed by atoms with Crippen LogP contribution in [0, 0.1) is 0 Å². The highest BCUT2D eigenvalue weighted by atomic mass is 32.1. The van der Waals surface area contributed by atoms with Crippen molar-refractivity contribution < 1.29 is 4.79 Å². The molecule has 5 nitrogen and oxygen atoms in total. The third kappa shape index (κ3) is 3.05. The van der Waals surface area contributed by atoms with Crippen LogP contribution in [-0.2, 0) is 6.42 Å². The van der Waals surface area contributed by atoms with Gasteiger partial charge in [-0.2, -0.15) is 0 Å². The molecule has 0 saturated heterocycles. The van der Waals surface area contributed by atoms with Crippen molar-refractivity contribution in [2.24, 2.45) is 5.73 Å². The molecule has 0 bridgehead atoms. The van der Waals surface area contributed by atoms with Crippen molar-refractivity contribution in [2.75, 3.05) is 0 Å². The van der Waals surface area contributed by atoms with Crippen molar-refractivity contribution in [2.45, 2.75) is 57.5 Å². The molecule has 1 amide bonds. The Morgan fingerprint density at radius 1 is 1.50 bits per heavy atom. The van der Waals surface area contributed by atoms with Gasteiger partial charge in [0.1, 0.15) is 4.88 Å². The Kier molecular flexibility index (Phi) is 4.66. The van der Waals surface area contributed by atoms with Crippen LogP contribution in [0.1, 0.15) is 54.4 Å². The number of hydrogen-bond acceptors (Lipinski definition) is 5. The van der Waals surface area contributed by atoms with Gasteiger partial charge in [-0.1, -0.05) is 30.7 Å². The van der Waals surface area contributed by atoms with Gasteiger partial charge in [0, 0.05) is 12.1 Å². The molecular weight excluding hydrogens is 248 g/mol. The summed E-state index contributed by atoms with van der Waals surface area (Å²) in [4.78, 5) is 12.8. The van der Waals surface area contributed by atoms with E-state index in [-0.39, 0.29) is 18.0 Å². The van der Waals surface area contributed by atoms with Gasteiger partial charge in [-0.3, -0.25) is 4.79 Å². The van der Waals surface area contributed by atoms with Gasteiger partial charge in [0.15, 0.2) is 0 Å². The predicted molar refractivity (Wildman–Crippen MR) is 71.6 cm³/mol. The molecule has 6 heteroatoms. The summed E-state index contributed by atoms with van der Waals surface area (Å²) in [5, 5.41) is 7.05. The molecule has 1 heterocycles. The molecule has 3 N–H and O–H groups in total. The van der Waals surface area contributed by atoms with Crippen LogP contribution in [-0.4, -0.2) is 27.6 Å². The predicted octanol–water partition coefficient (Wildman–Crippen LogP) is 1.49. The van der Waals surface area contributed by atoms with Crippen LogP contribution in [0.15, 0.2) is 0 Å². The van der Waals surface area contributed by atoms with Crippen LogP contribution in [0.3, 0.4) is 0 Å². The molecule has 0 unspecified atom stereocenters. The number of amides is 1. The first kappa shape index (κ1) is 13.4. The number of nitrogens with two attached hydrogens (primary N) is 1. The Bertz CT molecular complexity index is 407. The van der Waals surface area contributed by atoms with Gasteiger partial charge in [-0.05, 0) is 30.8 Å².